The molecule has 3 aliphatic rings. The summed E-state index contributed by atoms with van der Waals surface area (Å²) in [6.07, 6.45) is 3.92. The van der Waals surface area contributed by atoms with Crippen molar-refractivity contribution in [3.63, 3.8) is 0 Å². The average molecular weight is 422 g/mol. The molecule has 0 bridgehead atoms. The van der Waals surface area contributed by atoms with Gasteiger partial charge in [0.2, 0.25) is 15.9 Å². The highest BCUT2D eigenvalue weighted by Crippen LogP contribution is 2.37. The Labute approximate surface area is 173 Å². The van der Waals surface area contributed by atoms with Gasteiger partial charge in [0.15, 0.2) is 0 Å². The first-order valence-electron chi connectivity index (χ1n) is 10.6. The molecule has 2 heterocycles. The van der Waals surface area contributed by atoms with Crippen molar-refractivity contribution in [1.29, 1.82) is 0 Å². The standard InChI is InChI=1S/C21H31N3O4S/c1-22(2)13-14-24-17-9-11-23(21(25)15-16-7-8-16)12-10-18(17)28-19-5-3-4-6-20(19)29(24,26)27/h3-6,16-18H,7-15H2,1-2H3/t17-,18+/m1/s1. The van der Waals surface area contributed by atoms with Crippen molar-refractivity contribution in [2.45, 2.75) is 49.1 Å². The molecule has 0 radical (unpaired) electrons. The summed E-state index contributed by atoms with van der Waals surface area (Å²) in [7, 11) is 0.214. The Bertz CT molecular complexity index is 853. The second kappa shape index (κ2) is 8.24. The van der Waals surface area contributed by atoms with E-state index in [1.165, 1.54) is 0 Å². The third-order valence-corrected chi connectivity index (χ3v) is 8.14. The molecule has 0 spiro atoms. The highest BCUT2D eigenvalue weighted by Gasteiger charge is 2.43. The second-order valence-corrected chi connectivity index (χ2v) is 10.6. The molecule has 2 fully saturated rings. The SMILES string of the molecule is CN(C)CCN1[C@@H]2CCN(C(=O)CC3CC3)CC[C@@H]2Oc2ccccc2S1(=O)=O. The zero-order valence-electron chi connectivity index (χ0n) is 17.3. The number of carbonyl (C=O) groups excluding carboxylic acids is 1. The summed E-state index contributed by atoms with van der Waals surface area (Å²) in [4.78, 5) is 16.8. The molecule has 0 aromatic heterocycles. The zero-order valence-corrected chi connectivity index (χ0v) is 18.1. The lowest BCUT2D eigenvalue weighted by Crippen LogP contribution is -2.49. The van der Waals surface area contributed by atoms with Gasteiger partial charge in [-0.1, -0.05) is 12.1 Å². The molecule has 4 rings (SSSR count). The monoisotopic (exact) mass is 421 g/mol. The first-order chi connectivity index (χ1) is 13.9. The average Bonchev–Trinajstić information content (AvgIpc) is 3.50. The van der Waals surface area contributed by atoms with E-state index in [0.29, 0.717) is 57.1 Å². The van der Waals surface area contributed by atoms with E-state index in [1.807, 2.05) is 23.9 Å². The van der Waals surface area contributed by atoms with Crippen molar-refractivity contribution in [3.05, 3.63) is 24.3 Å². The number of ether oxygens (including phenoxy) is 1. The third kappa shape index (κ3) is 4.44. The Hall–Kier alpha value is -1.64. The van der Waals surface area contributed by atoms with Crippen LogP contribution in [0.3, 0.4) is 0 Å². The molecule has 1 aliphatic carbocycles. The zero-order chi connectivity index (χ0) is 20.6. The lowest BCUT2D eigenvalue weighted by Gasteiger charge is -2.32. The van der Waals surface area contributed by atoms with Crippen molar-refractivity contribution in [2.75, 3.05) is 40.3 Å². The van der Waals surface area contributed by atoms with E-state index in [-0.39, 0.29) is 22.9 Å². The van der Waals surface area contributed by atoms with Crippen molar-refractivity contribution in [2.24, 2.45) is 5.92 Å². The topological polar surface area (TPSA) is 70.2 Å². The Morgan fingerprint density at radius 2 is 1.86 bits per heavy atom. The maximum atomic E-state index is 13.5. The predicted molar refractivity (Wildman–Crippen MR) is 110 cm³/mol. The fourth-order valence-electron chi connectivity index (χ4n) is 4.29. The van der Waals surface area contributed by atoms with Gasteiger partial charge in [0.05, 0.1) is 6.04 Å². The summed E-state index contributed by atoms with van der Waals surface area (Å²) >= 11 is 0. The smallest absolute Gasteiger partial charge is 0.247 e. The van der Waals surface area contributed by atoms with Gasteiger partial charge >= 0.3 is 0 Å². The second-order valence-electron chi connectivity index (χ2n) is 8.70. The molecule has 0 N–H and O–H groups in total. The molecule has 8 heteroatoms. The summed E-state index contributed by atoms with van der Waals surface area (Å²) in [5.41, 5.74) is 0. The minimum absolute atomic E-state index is 0.201. The van der Waals surface area contributed by atoms with Crippen LogP contribution in [0.2, 0.25) is 0 Å². The van der Waals surface area contributed by atoms with Crippen molar-refractivity contribution in [1.82, 2.24) is 14.1 Å². The first-order valence-corrected chi connectivity index (χ1v) is 12.0. The lowest BCUT2D eigenvalue weighted by molar-refractivity contribution is -0.131. The highest BCUT2D eigenvalue weighted by atomic mass is 32.2. The molecular weight excluding hydrogens is 390 g/mol. The molecule has 1 saturated heterocycles. The molecule has 1 amide bonds. The largest absolute Gasteiger partial charge is 0.487 e. The van der Waals surface area contributed by atoms with Crippen LogP contribution in [0.4, 0.5) is 0 Å². The van der Waals surface area contributed by atoms with Crippen molar-refractivity contribution in [3.8, 4) is 5.75 Å². The van der Waals surface area contributed by atoms with E-state index >= 15 is 0 Å². The number of para-hydroxylation sites is 1. The molecule has 2 atom stereocenters. The van der Waals surface area contributed by atoms with Gasteiger partial charge in [-0.2, -0.15) is 4.31 Å². The van der Waals surface area contributed by atoms with Crippen LogP contribution >= 0.6 is 0 Å². The van der Waals surface area contributed by atoms with Crippen LogP contribution < -0.4 is 4.74 Å². The van der Waals surface area contributed by atoms with Crippen LogP contribution in [0.25, 0.3) is 0 Å². The fraction of sp³-hybridized carbons (Fsp3) is 0.667. The van der Waals surface area contributed by atoms with E-state index in [2.05, 4.69) is 0 Å². The number of hydrogen-bond acceptors (Lipinski definition) is 5. The number of fused-ring (bicyclic) bond motifs is 2. The van der Waals surface area contributed by atoms with Gasteiger partial charge < -0.3 is 14.5 Å². The van der Waals surface area contributed by atoms with E-state index < -0.39 is 10.0 Å². The van der Waals surface area contributed by atoms with Gasteiger partial charge in [0.25, 0.3) is 0 Å². The van der Waals surface area contributed by atoms with E-state index in [4.69, 9.17) is 4.74 Å². The Morgan fingerprint density at radius 1 is 1.14 bits per heavy atom. The number of likely N-dealkylation sites (tertiary alicyclic amines) is 1. The van der Waals surface area contributed by atoms with Crippen LogP contribution in [-0.2, 0) is 14.8 Å². The number of carbonyl (C=O) groups is 1. The van der Waals surface area contributed by atoms with E-state index in [0.717, 1.165) is 12.8 Å². The molecule has 7 nitrogen and oxygen atoms in total. The number of likely N-dealkylation sites (N-methyl/N-ethyl adjacent to an activating group) is 1. The number of benzene rings is 1. The van der Waals surface area contributed by atoms with Gasteiger partial charge in [-0.25, -0.2) is 8.42 Å². The number of hydrogen-bond donors (Lipinski definition) is 0. The van der Waals surface area contributed by atoms with Gasteiger partial charge in [-0.3, -0.25) is 4.79 Å². The number of sulfonamides is 1. The molecule has 0 unspecified atom stereocenters. The van der Waals surface area contributed by atoms with Gasteiger partial charge in [-0.15, -0.1) is 0 Å². The fourth-order valence-corrected chi connectivity index (χ4v) is 6.08. The maximum absolute atomic E-state index is 13.5. The molecule has 2 aliphatic heterocycles. The normalized spacial score (nSPS) is 26.8. The minimum Gasteiger partial charge on any atom is -0.487 e. The quantitative estimate of drug-likeness (QED) is 0.725. The molecular formula is C21H31N3O4S. The molecule has 1 aromatic rings. The Kier molecular flexibility index (Phi) is 5.86. The number of rotatable bonds is 5. The van der Waals surface area contributed by atoms with E-state index in [9.17, 15) is 13.2 Å². The Balaban J connectivity index is 1.62. The molecule has 160 valence electrons. The minimum atomic E-state index is -3.67. The Morgan fingerprint density at radius 3 is 2.59 bits per heavy atom. The van der Waals surface area contributed by atoms with Gasteiger partial charge in [0.1, 0.15) is 16.7 Å². The van der Waals surface area contributed by atoms with Crippen LogP contribution in [-0.4, -0.2) is 80.9 Å². The van der Waals surface area contributed by atoms with Crippen LogP contribution in [0.1, 0.15) is 32.1 Å². The summed E-state index contributed by atoms with van der Waals surface area (Å²) in [5.74, 6) is 1.18. The maximum Gasteiger partial charge on any atom is 0.247 e. The van der Waals surface area contributed by atoms with Gasteiger partial charge in [0, 0.05) is 39.0 Å². The third-order valence-electron chi connectivity index (χ3n) is 6.17. The summed E-state index contributed by atoms with van der Waals surface area (Å²) < 4.78 is 34.9. The number of nitrogens with zero attached hydrogens (tertiary/aromatic N) is 3. The highest BCUT2D eigenvalue weighted by molar-refractivity contribution is 7.89. The molecule has 29 heavy (non-hydrogen) atoms. The van der Waals surface area contributed by atoms with Crippen LogP contribution in [0.5, 0.6) is 5.75 Å². The predicted octanol–water partition coefficient (Wildman–Crippen LogP) is 1.79. The molecule has 1 saturated carbocycles. The summed E-state index contributed by atoms with van der Waals surface area (Å²) in [6, 6.07) is 6.64. The van der Waals surface area contributed by atoms with Crippen molar-refractivity contribution >= 4 is 15.9 Å². The summed E-state index contributed by atoms with van der Waals surface area (Å²) in [5, 5.41) is 0. The first kappa shape index (κ1) is 20.6. The van der Waals surface area contributed by atoms with E-state index in [1.54, 1.807) is 28.6 Å². The van der Waals surface area contributed by atoms with Crippen LogP contribution in [0.15, 0.2) is 29.2 Å². The number of amides is 1. The van der Waals surface area contributed by atoms with Crippen molar-refractivity contribution < 1.29 is 17.9 Å². The summed E-state index contributed by atoms with van der Waals surface area (Å²) in [6.45, 7) is 2.25. The molecule has 1 aromatic carbocycles. The lowest BCUT2D eigenvalue weighted by atomic mass is 10.1. The van der Waals surface area contributed by atoms with Gasteiger partial charge in [-0.05, 0) is 51.4 Å². The van der Waals surface area contributed by atoms with Crippen LogP contribution in [0, 0.1) is 5.92 Å².